The molecule has 0 unspecified atom stereocenters. The van der Waals surface area contributed by atoms with E-state index in [0.29, 0.717) is 18.3 Å². The Kier molecular flexibility index (Phi) is 15.5. The minimum absolute atomic E-state index is 0.132. The zero-order valence-corrected chi connectivity index (χ0v) is 24.6. The topological polar surface area (TPSA) is 40.6 Å². The largest absolute Gasteiger partial charge is 0.491 e. The summed E-state index contributed by atoms with van der Waals surface area (Å²) in [5, 5.41) is 0. The van der Waals surface area contributed by atoms with Crippen LogP contribution in [0.5, 0.6) is 5.75 Å². The third-order valence-corrected chi connectivity index (χ3v) is 7.73. The molecule has 1 aromatic heterocycles. The van der Waals surface area contributed by atoms with Crippen molar-refractivity contribution in [1.82, 2.24) is 4.98 Å². The summed E-state index contributed by atoms with van der Waals surface area (Å²) in [5.41, 5.74) is 2.66. The van der Waals surface area contributed by atoms with Crippen LogP contribution in [0.3, 0.4) is 0 Å². The first-order chi connectivity index (χ1) is 19.2. The molecule has 5 heteroatoms. The van der Waals surface area contributed by atoms with Crippen LogP contribution >= 0.6 is 0 Å². The number of halogens is 1. The van der Waals surface area contributed by atoms with Crippen molar-refractivity contribution >= 4 is 0 Å². The molecule has 1 aliphatic rings. The quantitative estimate of drug-likeness (QED) is 0.156. The minimum atomic E-state index is -0.334. The Morgan fingerprint density at radius 3 is 2.10 bits per heavy atom. The van der Waals surface area contributed by atoms with E-state index in [1.165, 1.54) is 83.1 Å². The van der Waals surface area contributed by atoms with Gasteiger partial charge in [0.25, 0.3) is 0 Å². The van der Waals surface area contributed by atoms with Gasteiger partial charge in [0.15, 0.2) is 17.9 Å². The van der Waals surface area contributed by atoms with Gasteiger partial charge in [-0.05, 0) is 49.1 Å². The number of hydrogen-bond donors (Lipinski definition) is 0. The number of rotatable bonds is 20. The molecule has 0 bridgehead atoms. The zero-order valence-electron chi connectivity index (χ0n) is 24.6. The van der Waals surface area contributed by atoms with E-state index in [1.807, 2.05) is 18.3 Å². The van der Waals surface area contributed by atoms with Crippen molar-refractivity contribution in [3.05, 3.63) is 47.9 Å². The Morgan fingerprint density at radius 1 is 0.795 bits per heavy atom. The van der Waals surface area contributed by atoms with Gasteiger partial charge in [-0.25, -0.2) is 4.39 Å². The molecule has 2 heterocycles. The van der Waals surface area contributed by atoms with Crippen LogP contribution < -0.4 is 4.74 Å². The molecule has 1 saturated heterocycles. The summed E-state index contributed by atoms with van der Waals surface area (Å²) in [5.74, 6) is 0.517. The van der Waals surface area contributed by atoms with E-state index in [-0.39, 0.29) is 12.1 Å². The molecule has 1 fully saturated rings. The van der Waals surface area contributed by atoms with Crippen LogP contribution in [0.2, 0.25) is 0 Å². The lowest BCUT2D eigenvalue weighted by Gasteiger charge is -2.29. The fraction of sp³-hybridized carbons (Fsp3) is 0.676. The fourth-order valence-electron chi connectivity index (χ4n) is 5.18. The lowest BCUT2D eigenvalue weighted by molar-refractivity contribution is -0.203. The Balaban J connectivity index is 1.30. The summed E-state index contributed by atoms with van der Waals surface area (Å²) in [6, 6.07) is 9.13. The summed E-state index contributed by atoms with van der Waals surface area (Å²) >= 11 is 0. The predicted octanol–water partition coefficient (Wildman–Crippen LogP) is 9.69. The SMILES string of the molecule is CCCCCCCCCCC1COC(CCc2ccc(-c3ccc(OCCCCCCC)c(F)c3)nc2)OC1. The van der Waals surface area contributed by atoms with Crippen molar-refractivity contribution in [2.24, 2.45) is 5.92 Å². The average molecular weight is 542 g/mol. The lowest BCUT2D eigenvalue weighted by atomic mass is 10.0. The highest BCUT2D eigenvalue weighted by Crippen LogP contribution is 2.26. The molecule has 1 aromatic carbocycles. The van der Waals surface area contributed by atoms with Crippen LogP contribution in [0.4, 0.5) is 4.39 Å². The fourth-order valence-corrected chi connectivity index (χ4v) is 5.18. The lowest BCUT2D eigenvalue weighted by Crippen LogP contribution is -2.32. The maximum Gasteiger partial charge on any atom is 0.165 e. The summed E-state index contributed by atoms with van der Waals surface area (Å²) in [6.07, 6.45) is 21.2. The number of nitrogens with zero attached hydrogens (tertiary/aromatic N) is 1. The number of aryl methyl sites for hydroxylation is 1. The molecule has 39 heavy (non-hydrogen) atoms. The predicted molar refractivity (Wildman–Crippen MR) is 159 cm³/mol. The monoisotopic (exact) mass is 541 g/mol. The van der Waals surface area contributed by atoms with Crippen LogP contribution in [0.15, 0.2) is 36.5 Å². The zero-order chi connectivity index (χ0) is 27.5. The second-order valence-electron chi connectivity index (χ2n) is 11.2. The van der Waals surface area contributed by atoms with E-state index in [1.54, 1.807) is 6.07 Å². The first-order valence-electron chi connectivity index (χ1n) is 15.8. The molecule has 0 radical (unpaired) electrons. The second-order valence-corrected chi connectivity index (χ2v) is 11.2. The molecule has 0 saturated carbocycles. The Morgan fingerprint density at radius 2 is 1.46 bits per heavy atom. The number of unbranched alkanes of at least 4 members (excludes halogenated alkanes) is 11. The summed E-state index contributed by atoms with van der Waals surface area (Å²) in [6.45, 7) is 6.64. The molecule has 0 N–H and O–H groups in total. The molecule has 2 aromatic rings. The van der Waals surface area contributed by atoms with Crippen LogP contribution in [0.25, 0.3) is 11.3 Å². The normalized spacial score (nSPS) is 17.4. The van der Waals surface area contributed by atoms with Gasteiger partial charge in [-0.1, -0.05) is 97.0 Å². The molecular formula is C34H52FNO3. The number of pyridine rings is 1. The smallest absolute Gasteiger partial charge is 0.165 e. The third kappa shape index (κ3) is 12.4. The van der Waals surface area contributed by atoms with E-state index in [2.05, 4.69) is 24.9 Å². The molecule has 0 spiro atoms. The van der Waals surface area contributed by atoms with Gasteiger partial charge >= 0.3 is 0 Å². The number of ether oxygens (including phenoxy) is 3. The van der Waals surface area contributed by atoms with Gasteiger partial charge in [0.05, 0.1) is 25.5 Å². The minimum Gasteiger partial charge on any atom is -0.491 e. The summed E-state index contributed by atoms with van der Waals surface area (Å²) < 4.78 is 32.2. The van der Waals surface area contributed by atoms with Gasteiger partial charge < -0.3 is 14.2 Å². The molecule has 3 rings (SSSR count). The Bertz CT molecular complexity index is 896. The maximum absolute atomic E-state index is 14.6. The first kappa shape index (κ1) is 31.5. The van der Waals surface area contributed by atoms with Gasteiger partial charge in [0.1, 0.15) is 0 Å². The highest BCUT2D eigenvalue weighted by Gasteiger charge is 2.21. The number of benzene rings is 1. The van der Waals surface area contributed by atoms with Crippen LogP contribution in [-0.2, 0) is 15.9 Å². The summed E-state index contributed by atoms with van der Waals surface area (Å²) in [7, 11) is 0. The first-order valence-corrected chi connectivity index (χ1v) is 15.8. The van der Waals surface area contributed by atoms with Gasteiger partial charge in [-0.2, -0.15) is 0 Å². The highest BCUT2D eigenvalue weighted by atomic mass is 19.1. The number of aromatic nitrogens is 1. The Labute approximate surface area is 237 Å². The van der Waals surface area contributed by atoms with Crippen LogP contribution in [0.1, 0.15) is 116 Å². The molecule has 0 atom stereocenters. The van der Waals surface area contributed by atoms with Crippen LogP contribution in [-0.4, -0.2) is 31.1 Å². The summed E-state index contributed by atoms with van der Waals surface area (Å²) in [4.78, 5) is 4.58. The van der Waals surface area contributed by atoms with Gasteiger partial charge in [-0.15, -0.1) is 0 Å². The standard InChI is InChI=1S/C34H52FNO3/c1-3-5-7-9-10-11-12-14-16-29-26-38-34(39-27-29)22-18-28-17-20-32(36-25-28)30-19-21-33(31(35)24-30)37-23-15-13-8-6-4-2/h17,19-21,24-25,29,34H,3-16,18,22-23,26-27H2,1-2H3. The van der Waals surface area contributed by atoms with Crippen molar-refractivity contribution in [1.29, 1.82) is 0 Å². The van der Waals surface area contributed by atoms with Crippen molar-refractivity contribution < 1.29 is 18.6 Å². The average Bonchev–Trinajstić information content (AvgIpc) is 2.97. The van der Waals surface area contributed by atoms with Crippen molar-refractivity contribution in [2.75, 3.05) is 19.8 Å². The van der Waals surface area contributed by atoms with Crippen molar-refractivity contribution in [2.45, 2.75) is 123 Å². The maximum atomic E-state index is 14.6. The molecule has 4 nitrogen and oxygen atoms in total. The van der Waals surface area contributed by atoms with E-state index < -0.39 is 0 Å². The van der Waals surface area contributed by atoms with Crippen molar-refractivity contribution in [3.63, 3.8) is 0 Å². The van der Waals surface area contributed by atoms with Gasteiger partial charge in [0, 0.05) is 24.1 Å². The molecule has 1 aliphatic heterocycles. The Hall–Kier alpha value is -1.98. The molecule has 0 aliphatic carbocycles. The number of hydrogen-bond acceptors (Lipinski definition) is 4. The highest BCUT2D eigenvalue weighted by molar-refractivity contribution is 5.60. The van der Waals surface area contributed by atoms with Gasteiger partial charge in [-0.3, -0.25) is 4.98 Å². The van der Waals surface area contributed by atoms with E-state index in [4.69, 9.17) is 14.2 Å². The van der Waals surface area contributed by atoms with E-state index >= 15 is 0 Å². The third-order valence-electron chi connectivity index (χ3n) is 7.73. The van der Waals surface area contributed by atoms with E-state index in [9.17, 15) is 4.39 Å². The van der Waals surface area contributed by atoms with Crippen LogP contribution in [0, 0.1) is 11.7 Å². The van der Waals surface area contributed by atoms with E-state index in [0.717, 1.165) is 55.7 Å². The molecule has 0 amide bonds. The van der Waals surface area contributed by atoms with Crippen molar-refractivity contribution in [3.8, 4) is 17.0 Å². The molecule has 218 valence electrons. The second kappa shape index (κ2) is 19.2. The molecular weight excluding hydrogens is 489 g/mol. The van der Waals surface area contributed by atoms with Gasteiger partial charge in [0.2, 0.25) is 0 Å².